The number of halogens is 1. The minimum Gasteiger partial charge on any atom is -0.367 e. The molecule has 1 heterocycles. The van der Waals surface area contributed by atoms with Crippen molar-refractivity contribution in [2.75, 3.05) is 5.73 Å². The average molecular weight is 218 g/mol. The molecule has 2 N–H and O–H groups in total. The number of hydrogen-bond donors (Lipinski definition) is 1. The summed E-state index contributed by atoms with van der Waals surface area (Å²) in [6.45, 7) is 0. The summed E-state index contributed by atoms with van der Waals surface area (Å²) in [6, 6.07) is 3.72. The number of nitrogens with two attached hydrogens (primary N) is 1. The lowest BCUT2D eigenvalue weighted by molar-refractivity contribution is 0.436. The van der Waals surface area contributed by atoms with Gasteiger partial charge in [0.2, 0.25) is 5.88 Å². The topological polar surface area (TPSA) is 52.0 Å². The molecule has 82 valence electrons. The maximum absolute atomic E-state index is 14.2. The molecule has 16 heavy (non-hydrogen) atoms. The molecule has 3 rings (SSSR count). The summed E-state index contributed by atoms with van der Waals surface area (Å²) in [5.41, 5.74) is 8.54. The van der Waals surface area contributed by atoms with E-state index in [1.54, 1.807) is 6.07 Å². The second-order valence-electron chi connectivity index (χ2n) is 4.02. The fourth-order valence-corrected chi connectivity index (χ4v) is 2.28. The standard InChI is InChI=1S/C12H11FN2O/c13-11-8-3-1-2-7(8)4-5-9(11)10-6-15-16-12(10)14/h4-6H,1-3,14H2. The number of aromatic nitrogens is 1. The largest absolute Gasteiger partial charge is 0.367 e. The smallest absolute Gasteiger partial charge is 0.230 e. The van der Waals surface area contributed by atoms with Gasteiger partial charge < -0.3 is 10.3 Å². The zero-order valence-corrected chi connectivity index (χ0v) is 8.66. The summed E-state index contributed by atoms with van der Waals surface area (Å²) in [5, 5.41) is 3.57. The number of hydrogen-bond acceptors (Lipinski definition) is 3. The number of anilines is 1. The van der Waals surface area contributed by atoms with Crippen molar-refractivity contribution in [3.8, 4) is 11.1 Å². The number of benzene rings is 1. The van der Waals surface area contributed by atoms with Crippen LogP contribution < -0.4 is 5.73 Å². The third-order valence-corrected chi connectivity index (χ3v) is 3.10. The number of fused-ring (bicyclic) bond motifs is 1. The number of nitrogens with zero attached hydrogens (tertiary/aromatic N) is 1. The molecule has 1 aromatic carbocycles. The Morgan fingerprint density at radius 1 is 1.25 bits per heavy atom. The van der Waals surface area contributed by atoms with Gasteiger partial charge in [0.15, 0.2) is 0 Å². The summed E-state index contributed by atoms with van der Waals surface area (Å²) < 4.78 is 18.9. The second-order valence-corrected chi connectivity index (χ2v) is 4.02. The first kappa shape index (κ1) is 9.39. The third kappa shape index (κ3) is 1.23. The number of nitrogen functional groups attached to an aromatic ring is 1. The molecule has 2 aromatic rings. The van der Waals surface area contributed by atoms with Gasteiger partial charge in [-0.05, 0) is 30.4 Å². The minimum absolute atomic E-state index is 0.164. The highest BCUT2D eigenvalue weighted by molar-refractivity contribution is 5.73. The first-order valence-electron chi connectivity index (χ1n) is 5.28. The molecule has 0 spiro atoms. The molecule has 3 nitrogen and oxygen atoms in total. The molecule has 0 unspecified atom stereocenters. The fourth-order valence-electron chi connectivity index (χ4n) is 2.28. The molecular formula is C12H11FN2O. The van der Waals surface area contributed by atoms with Crippen molar-refractivity contribution in [3.63, 3.8) is 0 Å². The van der Waals surface area contributed by atoms with E-state index >= 15 is 0 Å². The maximum atomic E-state index is 14.2. The van der Waals surface area contributed by atoms with Crippen LogP contribution in [0.5, 0.6) is 0 Å². The number of aryl methyl sites for hydroxylation is 1. The van der Waals surface area contributed by atoms with E-state index in [2.05, 4.69) is 5.16 Å². The predicted octanol–water partition coefficient (Wildman–Crippen LogP) is 2.55. The first-order valence-corrected chi connectivity index (χ1v) is 5.28. The number of rotatable bonds is 1. The highest BCUT2D eigenvalue weighted by atomic mass is 19.1. The van der Waals surface area contributed by atoms with Gasteiger partial charge in [-0.1, -0.05) is 17.3 Å². The summed E-state index contributed by atoms with van der Waals surface area (Å²) in [5.74, 6) is -0.0123. The summed E-state index contributed by atoms with van der Waals surface area (Å²) in [4.78, 5) is 0. The Bertz CT molecular complexity index is 548. The third-order valence-electron chi connectivity index (χ3n) is 3.10. The normalized spacial score (nSPS) is 14.1. The molecule has 4 heteroatoms. The van der Waals surface area contributed by atoms with Crippen molar-refractivity contribution in [2.24, 2.45) is 0 Å². The van der Waals surface area contributed by atoms with Gasteiger partial charge >= 0.3 is 0 Å². The van der Waals surface area contributed by atoms with Crippen LogP contribution in [-0.2, 0) is 12.8 Å². The van der Waals surface area contributed by atoms with E-state index in [4.69, 9.17) is 10.3 Å². The van der Waals surface area contributed by atoms with Gasteiger partial charge in [0.25, 0.3) is 0 Å². The Balaban J connectivity index is 2.20. The van der Waals surface area contributed by atoms with E-state index in [9.17, 15) is 4.39 Å². The maximum Gasteiger partial charge on any atom is 0.230 e. The van der Waals surface area contributed by atoms with E-state index in [1.807, 2.05) is 6.07 Å². The van der Waals surface area contributed by atoms with Crippen molar-refractivity contribution >= 4 is 5.88 Å². The lowest BCUT2D eigenvalue weighted by Crippen LogP contribution is -1.94. The Morgan fingerprint density at radius 3 is 2.88 bits per heavy atom. The summed E-state index contributed by atoms with van der Waals surface area (Å²) in [7, 11) is 0. The van der Waals surface area contributed by atoms with Crippen LogP contribution in [0.3, 0.4) is 0 Å². The zero-order valence-electron chi connectivity index (χ0n) is 8.66. The van der Waals surface area contributed by atoms with E-state index in [0.717, 1.165) is 30.4 Å². The highest BCUT2D eigenvalue weighted by Crippen LogP contribution is 2.34. The molecule has 1 aromatic heterocycles. The molecule has 0 amide bonds. The van der Waals surface area contributed by atoms with Crippen molar-refractivity contribution in [3.05, 3.63) is 35.3 Å². The van der Waals surface area contributed by atoms with E-state index in [1.165, 1.54) is 6.20 Å². The lowest BCUT2D eigenvalue weighted by Gasteiger charge is -2.06. The van der Waals surface area contributed by atoms with Gasteiger partial charge in [-0.15, -0.1) is 0 Å². The van der Waals surface area contributed by atoms with Crippen LogP contribution in [0.1, 0.15) is 17.5 Å². The van der Waals surface area contributed by atoms with Crippen LogP contribution in [0.2, 0.25) is 0 Å². The van der Waals surface area contributed by atoms with Crippen LogP contribution >= 0.6 is 0 Å². The Labute approximate surface area is 92.0 Å². The quantitative estimate of drug-likeness (QED) is 0.800. The Morgan fingerprint density at radius 2 is 2.12 bits per heavy atom. The summed E-state index contributed by atoms with van der Waals surface area (Å²) >= 11 is 0. The van der Waals surface area contributed by atoms with Crippen molar-refractivity contribution in [2.45, 2.75) is 19.3 Å². The molecule has 0 radical (unpaired) electrons. The molecule has 0 bridgehead atoms. The molecule has 0 atom stereocenters. The monoisotopic (exact) mass is 218 g/mol. The first-order chi connectivity index (χ1) is 7.77. The molecule has 1 aliphatic rings. The van der Waals surface area contributed by atoms with Gasteiger partial charge in [0, 0.05) is 5.56 Å². The van der Waals surface area contributed by atoms with Crippen LogP contribution in [0.15, 0.2) is 22.9 Å². The minimum atomic E-state index is -0.176. The SMILES string of the molecule is Nc1oncc1-c1ccc2c(c1F)CCC2. The molecular weight excluding hydrogens is 207 g/mol. The van der Waals surface area contributed by atoms with Crippen LogP contribution in [0.25, 0.3) is 11.1 Å². The van der Waals surface area contributed by atoms with Crippen LogP contribution in [0.4, 0.5) is 10.3 Å². The molecule has 0 saturated carbocycles. The van der Waals surface area contributed by atoms with Crippen molar-refractivity contribution in [1.82, 2.24) is 5.16 Å². The molecule has 0 aliphatic heterocycles. The van der Waals surface area contributed by atoms with Gasteiger partial charge in [-0.25, -0.2) is 4.39 Å². The molecule has 0 fully saturated rings. The Hall–Kier alpha value is -1.84. The average Bonchev–Trinajstić information content (AvgIpc) is 2.88. The van der Waals surface area contributed by atoms with E-state index in [-0.39, 0.29) is 11.7 Å². The van der Waals surface area contributed by atoms with E-state index in [0.29, 0.717) is 11.1 Å². The summed E-state index contributed by atoms with van der Waals surface area (Å²) in [6.07, 6.45) is 4.25. The fraction of sp³-hybridized carbons (Fsp3) is 0.250. The predicted molar refractivity (Wildman–Crippen MR) is 58.3 cm³/mol. The molecule has 0 saturated heterocycles. The van der Waals surface area contributed by atoms with Gasteiger partial charge in [-0.3, -0.25) is 0 Å². The van der Waals surface area contributed by atoms with E-state index < -0.39 is 0 Å². The zero-order chi connectivity index (χ0) is 11.1. The van der Waals surface area contributed by atoms with Gasteiger partial charge in [0.1, 0.15) is 5.82 Å². The van der Waals surface area contributed by atoms with Crippen molar-refractivity contribution in [1.29, 1.82) is 0 Å². The second kappa shape index (κ2) is 3.33. The van der Waals surface area contributed by atoms with Crippen LogP contribution in [-0.4, -0.2) is 5.16 Å². The van der Waals surface area contributed by atoms with Gasteiger partial charge in [0.05, 0.1) is 11.8 Å². The molecule has 1 aliphatic carbocycles. The highest BCUT2D eigenvalue weighted by Gasteiger charge is 2.20. The Kier molecular flexibility index (Phi) is 1.96. The van der Waals surface area contributed by atoms with Crippen LogP contribution in [0, 0.1) is 5.82 Å². The van der Waals surface area contributed by atoms with Gasteiger partial charge in [-0.2, -0.15) is 0 Å². The van der Waals surface area contributed by atoms with Crippen molar-refractivity contribution < 1.29 is 8.91 Å². The lowest BCUT2D eigenvalue weighted by atomic mass is 10.0.